The van der Waals surface area contributed by atoms with Crippen molar-refractivity contribution in [2.45, 2.75) is 19.3 Å². The molecule has 5 heteroatoms. The Morgan fingerprint density at radius 1 is 1.30 bits per heavy atom. The largest absolute Gasteiger partial charge is 0.336 e. The third-order valence-electron chi connectivity index (χ3n) is 4.05. The molecular weight excluding hydrogens is 288 g/mol. The van der Waals surface area contributed by atoms with E-state index in [2.05, 4.69) is 21.9 Å². The molecule has 1 saturated heterocycles. The lowest BCUT2D eigenvalue weighted by atomic mass is 10.2. The minimum atomic E-state index is -0.135. The number of benzene rings is 1. The maximum atomic E-state index is 12.6. The highest BCUT2D eigenvalue weighted by atomic mass is 16.2. The molecule has 2 aromatic rings. The summed E-state index contributed by atoms with van der Waals surface area (Å²) < 4.78 is 0. The van der Waals surface area contributed by atoms with Gasteiger partial charge in [0.15, 0.2) is 0 Å². The van der Waals surface area contributed by atoms with Crippen molar-refractivity contribution in [3.05, 3.63) is 49.2 Å². The van der Waals surface area contributed by atoms with Crippen LogP contribution >= 0.6 is 0 Å². The van der Waals surface area contributed by atoms with Crippen molar-refractivity contribution in [1.29, 1.82) is 0 Å². The number of pyridine rings is 1. The zero-order valence-electron chi connectivity index (χ0n) is 13.2. The molecule has 0 bridgehead atoms. The predicted molar refractivity (Wildman–Crippen MR) is 93.1 cm³/mol. The van der Waals surface area contributed by atoms with E-state index in [1.54, 1.807) is 17.3 Å². The van der Waals surface area contributed by atoms with Gasteiger partial charge in [-0.2, -0.15) is 0 Å². The molecule has 0 radical (unpaired) electrons. The number of nitrogens with one attached hydrogen (secondary N) is 1. The van der Waals surface area contributed by atoms with Crippen molar-refractivity contribution >= 4 is 22.6 Å². The molecule has 1 aliphatic rings. The van der Waals surface area contributed by atoms with Crippen LogP contribution in [0.2, 0.25) is 0 Å². The van der Waals surface area contributed by atoms with Crippen molar-refractivity contribution in [3.63, 3.8) is 0 Å². The number of amides is 2. The van der Waals surface area contributed by atoms with E-state index in [0.717, 1.165) is 36.8 Å². The number of hydrazine groups is 1. The average molecular weight is 310 g/mol. The number of aromatic nitrogens is 1. The molecule has 1 aliphatic heterocycles. The molecule has 23 heavy (non-hydrogen) atoms. The lowest BCUT2D eigenvalue weighted by molar-refractivity contribution is 0.0128. The lowest BCUT2D eigenvalue weighted by Gasteiger charge is -2.36. The van der Waals surface area contributed by atoms with E-state index in [9.17, 15) is 4.79 Å². The molecule has 120 valence electrons. The van der Waals surface area contributed by atoms with Crippen molar-refractivity contribution < 1.29 is 4.79 Å². The Balaban J connectivity index is 1.75. The fourth-order valence-electron chi connectivity index (χ4n) is 2.90. The first kappa shape index (κ1) is 15.5. The van der Waals surface area contributed by atoms with E-state index in [1.165, 1.54) is 6.42 Å². The number of hydrogen-bond acceptors (Lipinski definition) is 3. The number of carbonyl (C=O) groups excluding carboxylic acids is 1. The maximum absolute atomic E-state index is 12.6. The Morgan fingerprint density at radius 3 is 2.87 bits per heavy atom. The fraction of sp³-hybridized carbons (Fsp3) is 0.333. The van der Waals surface area contributed by atoms with Crippen LogP contribution in [-0.2, 0) is 0 Å². The van der Waals surface area contributed by atoms with Crippen molar-refractivity contribution in [2.75, 3.05) is 25.0 Å². The minimum absolute atomic E-state index is 0.135. The number of para-hydroxylation sites is 1. The Bertz CT molecular complexity index is 694. The molecule has 2 amide bonds. The van der Waals surface area contributed by atoms with E-state index in [-0.39, 0.29) is 6.03 Å². The average Bonchev–Trinajstić information content (AvgIpc) is 2.60. The summed E-state index contributed by atoms with van der Waals surface area (Å²) in [6.07, 6.45) is 6.93. The SMILES string of the molecule is C=CCN(C(=O)Nc1cnc2ccccc2c1)N1CCCCC1. The van der Waals surface area contributed by atoms with Gasteiger partial charge in [0.05, 0.1) is 23.9 Å². The molecule has 3 rings (SSSR count). The van der Waals surface area contributed by atoms with Gasteiger partial charge in [-0.25, -0.2) is 9.80 Å². The summed E-state index contributed by atoms with van der Waals surface area (Å²) >= 11 is 0. The first-order valence-electron chi connectivity index (χ1n) is 8.07. The number of rotatable bonds is 4. The second-order valence-electron chi connectivity index (χ2n) is 5.73. The molecule has 0 unspecified atom stereocenters. The van der Waals surface area contributed by atoms with E-state index >= 15 is 0 Å². The van der Waals surface area contributed by atoms with Crippen molar-refractivity contribution in [3.8, 4) is 0 Å². The van der Waals surface area contributed by atoms with Gasteiger partial charge in [0.25, 0.3) is 0 Å². The maximum Gasteiger partial charge on any atom is 0.336 e. The molecule has 1 N–H and O–H groups in total. The third-order valence-corrected chi connectivity index (χ3v) is 4.05. The van der Waals surface area contributed by atoms with E-state index in [0.29, 0.717) is 12.2 Å². The molecule has 5 nitrogen and oxygen atoms in total. The van der Waals surface area contributed by atoms with Gasteiger partial charge in [-0.3, -0.25) is 9.99 Å². The van der Waals surface area contributed by atoms with E-state index < -0.39 is 0 Å². The topological polar surface area (TPSA) is 48.5 Å². The summed E-state index contributed by atoms with van der Waals surface area (Å²) in [6, 6.07) is 9.68. The van der Waals surface area contributed by atoms with Gasteiger partial charge >= 0.3 is 6.03 Å². The standard InChI is InChI=1S/C18H22N4O/c1-2-10-22(21-11-6-3-7-12-21)18(23)20-16-13-15-8-4-5-9-17(15)19-14-16/h2,4-5,8-9,13-14H,1,3,6-7,10-12H2,(H,20,23). The zero-order valence-corrected chi connectivity index (χ0v) is 13.2. The Hall–Kier alpha value is -2.40. The van der Waals surface area contributed by atoms with Gasteiger partial charge in [0.1, 0.15) is 0 Å². The molecule has 1 aromatic carbocycles. The number of nitrogens with zero attached hydrogens (tertiary/aromatic N) is 3. The molecule has 0 aliphatic carbocycles. The zero-order chi connectivity index (χ0) is 16.1. The Labute approximate surface area is 136 Å². The molecule has 2 heterocycles. The Morgan fingerprint density at radius 2 is 2.09 bits per heavy atom. The summed E-state index contributed by atoms with van der Waals surface area (Å²) in [4.78, 5) is 17.0. The number of anilines is 1. The van der Waals surface area contributed by atoms with Crippen LogP contribution in [0.15, 0.2) is 49.2 Å². The van der Waals surface area contributed by atoms with Crippen LogP contribution in [0, 0.1) is 0 Å². The normalized spacial score (nSPS) is 15.3. The van der Waals surface area contributed by atoms with E-state index in [1.807, 2.05) is 30.3 Å². The second-order valence-corrected chi connectivity index (χ2v) is 5.73. The highest BCUT2D eigenvalue weighted by Crippen LogP contribution is 2.18. The molecule has 0 saturated carbocycles. The number of piperidine rings is 1. The quantitative estimate of drug-likeness (QED) is 0.877. The van der Waals surface area contributed by atoms with Gasteiger partial charge in [0.2, 0.25) is 0 Å². The van der Waals surface area contributed by atoms with Crippen molar-refractivity contribution in [2.24, 2.45) is 0 Å². The molecule has 1 aromatic heterocycles. The van der Waals surface area contributed by atoms with Gasteiger partial charge < -0.3 is 5.32 Å². The molecule has 0 atom stereocenters. The first-order chi connectivity index (χ1) is 11.3. The second kappa shape index (κ2) is 7.24. The van der Waals surface area contributed by atoms with Gasteiger partial charge in [0, 0.05) is 18.5 Å². The smallest absolute Gasteiger partial charge is 0.305 e. The molecule has 0 spiro atoms. The number of urea groups is 1. The fourth-order valence-corrected chi connectivity index (χ4v) is 2.90. The Kier molecular flexibility index (Phi) is 4.88. The van der Waals surface area contributed by atoms with Gasteiger partial charge in [-0.1, -0.05) is 30.7 Å². The van der Waals surface area contributed by atoms with Crippen molar-refractivity contribution in [1.82, 2.24) is 15.0 Å². The van der Waals surface area contributed by atoms with Crippen LogP contribution in [0.3, 0.4) is 0 Å². The van der Waals surface area contributed by atoms with E-state index in [4.69, 9.17) is 0 Å². The summed E-state index contributed by atoms with van der Waals surface area (Å²) in [5, 5.41) is 7.81. The summed E-state index contributed by atoms with van der Waals surface area (Å²) in [6.45, 7) is 6.10. The molecular formula is C18H22N4O. The molecule has 1 fully saturated rings. The van der Waals surface area contributed by atoms with Crippen LogP contribution in [0.1, 0.15) is 19.3 Å². The van der Waals surface area contributed by atoms with Crippen LogP contribution in [0.4, 0.5) is 10.5 Å². The van der Waals surface area contributed by atoms with Crippen LogP contribution < -0.4 is 5.32 Å². The van der Waals surface area contributed by atoms with Crippen LogP contribution in [0.5, 0.6) is 0 Å². The van der Waals surface area contributed by atoms with Crippen LogP contribution in [-0.4, -0.2) is 40.7 Å². The minimum Gasteiger partial charge on any atom is -0.305 e. The van der Waals surface area contributed by atoms with Gasteiger partial charge in [-0.05, 0) is 25.0 Å². The highest BCUT2D eigenvalue weighted by molar-refractivity contribution is 5.91. The lowest BCUT2D eigenvalue weighted by Crippen LogP contribution is -2.50. The number of fused-ring (bicyclic) bond motifs is 1. The number of carbonyl (C=O) groups is 1. The highest BCUT2D eigenvalue weighted by Gasteiger charge is 2.22. The van der Waals surface area contributed by atoms with Gasteiger partial charge in [-0.15, -0.1) is 6.58 Å². The number of hydrogen-bond donors (Lipinski definition) is 1. The summed E-state index contributed by atoms with van der Waals surface area (Å²) in [5.74, 6) is 0. The van der Waals surface area contributed by atoms with Crippen LogP contribution in [0.25, 0.3) is 10.9 Å². The first-order valence-corrected chi connectivity index (χ1v) is 8.07. The third kappa shape index (κ3) is 3.68. The predicted octanol–water partition coefficient (Wildman–Crippen LogP) is 3.66. The monoisotopic (exact) mass is 310 g/mol. The summed E-state index contributed by atoms with van der Waals surface area (Å²) in [7, 11) is 0. The summed E-state index contributed by atoms with van der Waals surface area (Å²) in [5.41, 5.74) is 1.63.